The summed E-state index contributed by atoms with van der Waals surface area (Å²) in [4.78, 5) is 15.5. The number of rotatable bonds is 4. The number of nitrogens with two attached hydrogens (primary N) is 1. The molecule has 1 aromatic carbocycles. The molecule has 0 aliphatic carbocycles. The van der Waals surface area contributed by atoms with E-state index in [4.69, 9.17) is 22.6 Å². The highest BCUT2D eigenvalue weighted by atomic mass is 35.5. The van der Waals surface area contributed by atoms with E-state index in [0.29, 0.717) is 23.7 Å². The summed E-state index contributed by atoms with van der Waals surface area (Å²) >= 11 is 5.71. The van der Waals surface area contributed by atoms with Gasteiger partial charge in [-0.2, -0.15) is 5.26 Å². The van der Waals surface area contributed by atoms with Crippen LogP contribution in [0.1, 0.15) is 11.4 Å². The van der Waals surface area contributed by atoms with Crippen LogP contribution in [-0.4, -0.2) is 21.3 Å². The maximum absolute atomic E-state index is 11.1. The molecule has 0 atom stereocenters. The van der Waals surface area contributed by atoms with Gasteiger partial charge < -0.3 is 10.3 Å². The number of hydrogen-bond acceptors (Lipinski definition) is 3. The fraction of sp³-hybridized carbons (Fsp3) is 0.250. The highest BCUT2D eigenvalue weighted by Crippen LogP contribution is 2.18. The number of imidazole rings is 1. The van der Waals surface area contributed by atoms with Crippen LogP contribution >= 0.6 is 11.6 Å². The van der Waals surface area contributed by atoms with E-state index in [1.165, 1.54) is 0 Å². The molecule has 0 fully saturated rings. The first kappa shape index (κ1) is 12.4. The van der Waals surface area contributed by atoms with Crippen LogP contribution in [-0.2, 0) is 17.8 Å². The Kier molecular flexibility index (Phi) is 3.49. The molecule has 0 aliphatic rings. The van der Waals surface area contributed by atoms with Crippen LogP contribution in [0.25, 0.3) is 11.0 Å². The van der Waals surface area contributed by atoms with Crippen molar-refractivity contribution in [1.82, 2.24) is 9.55 Å². The first-order valence-corrected chi connectivity index (χ1v) is 5.92. The molecule has 0 bridgehead atoms. The lowest BCUT2D eigenvalue weighted by atomic mass is 10.2. The Hall–Kier alpha value is -2.06. The number of alkyl halides is 1. The molecule has 1 aromatic heterocycles. The molecule has 1 heterocycles. The Labute approximate surface area is 109 Å². The highest BCUT2D eigenvalue weighted by molar-refractivity contribution is 6.17. The topological polar surface area (TPSA) is 84.7 Å². The van der Waals surface area contributed by atoms with E-state index in [9.17, 15) is 4.79 Å². The van der Waals surface area contributed by atoms with Crippen molar-refractivity contribution in [3.05, 3.63) is 29.6 Å². The fourth-order valence-electron chi connectivity index (χ4n) is 1.85. The third-order valence-corrected chi connectivity index (χ3v) is 2.78. The molecule has 0 spiro atoms. The molecule has 5 nitrogen and oxygen atoms in total. The number of primary amides is 1. The molecular weight excluding hydrogens is 252 g/mol. The van der Waals surface area contributed by atoms with Crippen molar-refractivity contribution in [2.24, 2.45) is 5.73 Å². The second kappa shape index (κ2) is 5.07. The number of carbonyl (C=O) groups is 1. The van der Waals surface area contributed by atoms with E-state index in [1.807, 2.05) is 0 Å². The second-order valence-electron chi connectivity index (χ2n) is 3.83. The summed E-state index contributed by atoms with van der Waals surface area (Å²) in [5, 5.41) is 8.89. The van der Waals surface area contributed by atoms with Crippen molar-refractivity contribution >= 4 is 28.5 Å². The maximum Gasteiger partial charge on any atom is 0.237 e. The molecule has 0 saturated heterocycles. The zero-order valence-corrected chi connectivity index (χ0v) is 10.3. The predicted molar refractivity (Wildman–Crippen MR) is 68.1 cm³/mol. The predicted octanol–water partition coefficient (Wildman–Crippen LogP) is 1.17. The maximum atomic E-state index is 11.1. The van der Waals surface area contributed by atoms with Gasteiger partial charge in [0.2, 0.25) is 5.91 Å². The van der Waals surface area contributed by atoms with Crippen molar-refractivity contribution < 1.29 is 4.79 Å². The zero-order chi connectivity index (χ0) is 13.1. The Morgan fingerprint density at radius 2 is 2.33 bits per heavy atom. The molecule has 6 heteroatoms. The normalized spacial score (nSPS) is 10.4. The van der Waals surface area contributed by atoms with Gasteiger partial charge in [0.05, 0.1) is 22.7 Å². The van der Waals surface area contributed by atoms with Gasteiger partial charge in [-0.15, -0.1) is 11.6 Å². The van der Waals surface area contributed by atoms with Crippen molar-refractivity contribution in [2.45, 2.75) is 13.0 Å². The lowest BCUT2D eigenvalue weighted by Crippen LogP contribution is -2.20. The molecule has 2 N–H and O–H groups in total. The largest absolute Gasteiger partial charge is 0.368 e. The minimum absolute atomic E-state index is 0.0393. The van der Waals surface area contributed by atoms with Gasteiger partial charge in [0.25, 0.3) is 0 Å². The quantitative estimate of drug-likeness (QED) is 0.840. The SMILES string of the molecule is N#Cc1ccc2nc(CCCl)n(CC(N)=O)c2c1. The third-order valence-electron chi connectivity index (χ3n) is 2.59. The summed E-state index contributed by atoms with van der Waals surface area (Å²) < 4.78 is 1.71. The van der Waals surface area contributed by atoms with E-state index in [1.54, 1.807) is 22.8 Å². The second-order valence-corrected chi connectivity index (χ2v) is 4.21. The van der Waals surface area contributed by atoms with Crippen LogP contribution in [0.15, 0.2) is 18.2 Å². The fourth-order valence-corrected chi connectivity index (χ4v) is 2.02. The van der Waals surface area contributed by atoms with Crippen LogP contribution in [0.4, 0.5) is 0 Å². The van der Waals surface area contributed by atoms with E-state index < -0.39 is 5.91 Å². The van der Waals surface area contributed by atoms with E-state index in [-0.39, 0.29) is 6.54 Å². The van der Waals surface area contributed by atoms with Gasteiger partial charge in [-0.05, 0) is 18.2 Å². The summed E-state index contributed by atoms with van der Waals surface area (Å²) in [5.74, 6) is 0.661. The number of halogens is 1. The molecule has 0 aliphatic heterocycles. The van der Waals surface area contributed by atoms with Gasteiger partial charge in [-0.3, -0.25) is 4.79 Å². The molecule has 1 amide bonds. The molecule has 92 valence electrons. The Bertz CT molecular complexity index is 641. The number of benzene rings is 1. The minimum atomic E-state index is -0.451. The first-order valence-electron chi connectivity index (χ1n) is 5.39. The molecule has 2 rings (SSSR count). The summed E-state index contributed by atoms with van der Waals surface area (Å²) in [5.41, 5.74) is 7.21. The third kappa shape index (κ3) is 2.29. The Balaban J connectivity index is 2.62. The average molecular weight is 263 g/mol. The van der Waals surface area contributed by atoms with E-state index in [2.05, 4.69) is 11.1 Å². The zero-order valence-electron chi connectivity index (χ0n) is 9.56. The summed E-state index contributed by atoms with van der Waals surface area (Å²) in [6.07, 6.45) is 0.547. The molecule has 2 aromatic rings. The number of carbonyl (C=O) groups excluding carboxylic acids is 1. The monoisotopic (exact) mass is 262 g/mol. The van der Waals surface area contributed by atoms with Crippen LogP contribution in [0.5, 0.6) is 0 Å². The molecule has 18 heavy (non-hydrogen) atoms. The number of amides is 1. The summed E-state index contributed by atoms with van der Waals surface area (Å²) in [6, 6.07) is 7.20. The number of nitrogens with zero attached hydrogens (tertiary/aromatic N) is 3. The molecule has 0 unspecified atom stereocenters. The average Bonchev–Trinajstić information content (AvgIpc) is 2.67. The number of fused-ring (bicyclic) bond motifs is 1. The van der Waals surface area contributed by atoms with Gasteiger partial charge in [-0.25, -0.2) is 4.98 Å². The van der Waals surface area contributed by atoms with Crippen LogP contribution in [0.2, 0.25) is 0 Å². The highest BCUT2D eigenvalue weighted by Gasteiger charge is 2.12. The number of hydrogen-bond donors (Lipinski definition) is 1. The first-order chi connectivity index (χ1) is 8.65. The Morgan fingerprint density at radius 3 is 2.94 bits per heavy atom. The lowest BCUT2D eigenvalue weighted by molar-refractivity contribution is -0.118. The van der Waals surface area contributed by atoms with Crippen molar-refractivity contribution in [3.8, 4) is 6.07 Å². The molecule has 0 radical (unpaired) electrons. The van der Waals surface area contributed by atoms with Gasteiger partial charge in [0.1, 0.15) is 12.4 Å². The van der Waals surface area contributed by atoms with Gasteiger partial charge in [-0.1, -0.05) is 0 Å². The van der Waals surface area contributed by atoms with Crippen LogP contribution < -0.4 is 5.73 Å². The van der Waals surface area contributed by atoms with Crippen molar-refractivity contribution in [3.63, 3.8) is 0 Å². The number of aryl methyl sites for hydroxylation is 1. The minimum Gasteiger partial charge on any atom is -0.368 e. The lowest BCUT2D eigenvalue weighted by Gasteiger charge is -2.05. The number of aromatic nitrogens is 2. The molecular formula is C12H11ClN4O. The van der Waals surface area contributed by atoms with Gasteiger partial charge in [0, 0.05) is 12.3 Å². The van der Waals surface area contributed by atoms with Gasteiger partial charge >= 0.3 is 0 Å². The van der Waals surface area contributed by atoms with E-state index >= 15 is 0 Å². The van der Waals surface area contributed by atoms with Crippen LogP contribution in [0.3, 0.4) is 0 Å². The summed E-state index contributed by atoms with van der Waals surface area (Å²) in [6.45, 7) is 0.0393. The smallest absolute Gasteiger partial charge is 0.237 e. The van der Waals surface area contributed by atoms with Gasteiger partial charge in [0.15, 0.2) is 0 Å². The van der Waals surface area contributed by atoms with Crippen molar-refractivity contribution in [2.75, 3.05) is 5.88 Å². The molecule has 0 saturated carbocycles. The van der Waals surface area contributed by atoms with Crippen molar-refractivity contribution in [1.29, 1.82) is 5.26 Å². The summed E-state index contributed by atoms with van der Waals surface area (Å²) in [7, 11) is 0. The Morgan fingerprint density at radius 1 is 1.56 bits per heavy atom. The van der Waals surface area contributed by atoms with Crippen LogP contribution in [0, 0.1) is 11.3 Å². The number of nitriles is 1. The standard InChI is InChI=1S/C12H11ClN4O/c13-4-3-12-16-9-2-1-8(6-14)5-10(9)17(12)7-11(15)18/h1-2,5H,3-4,7H2,(H2,15,18). The van der Waals surface area contributed by atoms with E-state index in [0.717, 1.165) is 11.0 Å².